The predicted octanol–water partition coefficient (Wildman–Crippen LogP) is 2.20. The minimum atomic E-state index is -0.0635. The number of hydrogen-bond acceptors (Lipinski definition) is 3. The fourth-order valence-electron chi connectivity index (χ4n) is 2.52. The van der Waals surface area contributed by atoms with Crippen LogP contribution >= 0.6 is 12.4 Å². The summed E-state index contributed by atoms with van der Waals surface area (Å²) >= 11 is 0. The van der Waals surface area contributed by atoms with E-state index >= 15 is 0 Å². The van der Waals surface area contributed by atoms with Gasteiger partial charge in [-0.2, -0.15) is 0 Å². The Bertz CT molecular complexity index is 546. The molecule has 0 bridgehead atoms. The van der Waals surface area contributed by atoms with Crippen LogP contribution in [0.25, 0.3) is 0 Å². The standard InChI is InChI=1S/C16H23N3O2.ClH/c1-11(2)16(21)18-13-7-4-8-14-12(13)6-5-9-19(14)15(20)10-17-3;/h4,7-8,11,17H,5-6,9-10H2,1-3H3,(H,18,21);1H. The van der Waals surface area contributed by atoms with Crippen molar-refractivity contribution in [3.05, 3.63) is 23.8 Å². The first-order valence-corrected chi connectivity index (χ1v) is 7.42. The quantitative estimate of drug-likeness (QED) is 0.892. The molecule has 0 saturated carbocycles. The number of halogens is 1. The van der Waals surface area contributed by atoms with Crippen molar-refractivity contribution >= 4 is 35.6 Å². The molecular weight excluding hydrogens is 302 g/mol. The van der Waals surface area contributed by atoms with Crippen LogP contribution in [0.2, 0.25) is 0 Å². The highest BCUT2D eigenvalue weighted by molar-refractivity contribution is 5.99. The topological polar surface area (TPSA) is 61.4 Å². The van der Waals surface area contributed by atoms with Crippen LogP contribution in [0.4, 0.5) is 11.4 Å². The van der Waals surface area contributed by atoms with E-state index in [1.165, 1.54) is 0 Å². The zero-order valence-corrected chi connectivity index (χ0v) is 14.1. The van der Waals surface area contributed by atoms with E-state index in [-0.39, 0.29) is 30.1 Å². The molecule has 0 aromatic heterocycles. The molecule has 122 valence electrons. The molecule has 5 nitrogen and oxygen atoms in total. The highest BCUT2D eigenvalue weighted by Crippen LogP contribution is 2.33. The summed E-state index contributed by atoms with van der Waals surface area (Å²) in [6.07, 6.45) is 1.80. The summed E-state index contributed by atoms with van der Waals surface area (Å²) in [7, 11) is 1.77. The summed E-state index contributed by atoms with van der Waals surface area (Å²) in [5, 5.41) is 5.86. The molecular formula is C16H24ClN3O2. The number of likely N-dealkylation sites (N-methyl/N-ethyl adjacent to an activating group) is 1. The molecule has 1 aromatic rings. The zero-order valence-electron chi connectivity index (χ0n) is 13.3. The summed E-state index contributed by atoms with van der Waals surface area (Å²) < 4.78 is 0. The minimum absolute atomic E-state index is 0. The van der Waals surface area contributed by atoms with E-state index in [0.717, 1.165) is 36.3 Å². The van der Waals surface area contributed by atoms with Crippen molar-refractivity contribution in [2.75, 3.05) is 30.4 Å². The van der Waals surface area contributed by atoms with E-state index in [0.29, 0.717) is 6.54 Å². The maximum Gasteiger partial charge on any atom is 0.240 e. The van der Waals surface area contributed by atoms with Crippen LogP contribution in [0.1, 0.15) is 25.8 Å². The minimum Gasteiger partial charge on any atom is -0.326 e. The number of fused-ring (bicyclic) bond motifs is 1. The second-order valence-corrected chi connectivity index (χ2v) is 5.63. The summed E-state index contributed by atoms with van der Waals surface area (Å²) in [6.45, 7) is 4.79. The van der Waals surface area contributed by atoms with E-state index in [1.54, 1.807) is 11.9 Å². The maximum absolute atomic E-state index is 12.2. The summed E-state index contributed by atoms with van der Waals surface area (Å²) in [5.41, 5.74) is 2.80. The second kappa shape index (κ2) is 8.15. The Kier molecular flexibility index (Phi) is 6.84. The van der Waals surface area contributed by atoms with Crippen molar-refractivity contribution in [2.45, 2.75) is 26.7 Å². The van der Waals surface area contributed by atoms with Crippen LogP contribution in [0.5, 0.6) is 0 Å². The van der Waals surface area contributed by atoms with Gasteiger partial charge in [-0.25, -0.2) is 0 Å². The van der Waals surface area contributed by atoms with Crippen molar-refractivity contribution in [1.82, 2.24) is 5.32 Å². The molecule has 1 aliphatic heterocycles. The van der Waals surface area contributed by atoms with Gasteiger partial charge in [0.05, 0.1) is 6.54 Å². The van der Waals surface area contributed by atoms with Gasteiger partial charge in [-0.05, 0) is 37.6 Å². The number of rotatable bonds is 4. The van der Waals surface area contributed by atoms with Crippen LogP contribution in [0.3, 0.4) is 0 Å². The van der Waals surface area contributed by atoms with E-state index in [1.807, 2.05) is 32.0 Å². The molecule has 0 saturated heterocycles. The number of benzene rings is 1. The van der Waals surface area contributed by atoms with Crippen molar-refractivity contribution in [1.29, 1.82) is 0 Å². The first-order valence-electron chi connectivity index (χ1n) is 7.42. The average molecular weight is 326 g/mol. The molecule has 6 heteroatoms. The van der Waals surface area contributed by atoms with Crippen LogP contribution in [-0.4, -0.2) is 32.0 Å². The molecule has 2 N–H and O–H groups in total. The predicted molar refractivity (Wildman–Crippen MR) is 91.8 cm³/mol. The molecule has 1 aromatic carbocycles. The number of nitrogens with one attached hydrogen (secondary N) is 2. The largest absolute Gasteiger partial charge is 0.326 e. The van der Waals surface area contributed by atoms with E-state index < -0.39 is 0 Å². The molecule has 0 atom stereocenters. The third kappa shape index (κ3) is 3.99. The van der Waals surface area contributed by atoms with Gasteiger partial charge in [-0.3, -0.25) is 9.59 Å². The molecule has 0 radical (unpaired) electrons. The Morgan fingerprint density at radius 2 is 2.05 bits per heavy atom. The van der Waals surface area contributed by atoms with Gasteiger partial charge in [0.15, 0.2) is 0 Å². The van der Waals surface area contributed by atoms with Gasteiger partial charge in [0.2, 0.25) is 11.8 Å². The first kappa shape index (κ1) is 18.5. The summed E-state index contributed by atoms with van der Waals surface area (Å²) in [5.74, 6) is -0.000617. The smallest absolute Gasteiger partial charge is 0.240 e. The van der Waals surface area contributed by atoms with Gasteiger partial charge < -0.3 is 15.5 Å². The number of hydrogen-bond donors (Lipinski definition) is 2. The molecule has 2 amide bonds. The molecule has 0 aliphatic carbocycles. The number of nitrogens with zero attached hydrogens (tertiary/aromatic N) is 1. The second-order valence-electron chi connectivity index (χ2n) is 5.63. The van der Waals surface area contributed by atoms with Gasteiger partial charge >= 0.3 is 0 Å². The van der Waals surface area contributed by atoms with E-state index in [2.05, 4.69) is 10.6 Å². The Balaban J connectivity index is 0.00000242. The van der Waals surface area contributed by atoms with Gasteiger partial charge in [-0.1, -0.05) is 19.9 Å². The number of anilines is 2. The Labute approximate surface area is 137 Å². The lowest BCUT2D eigenvalue weighted by Crippen LogP contribution is -2.40. The van der Waals surface area contributed by atoms with Gasteiger partial charge in [-0.15, -0.1) is 12.4 Å². The van der Waals surface area contributed by atoms with Gasteiger partial charge in [0, 0.05) is 23.8 Å². The van der Waals surface area contributed by atoms with E-state index in [4.69, 9.17) is 0 Å². The van der Waals surface area contributed by atoms with Gasteiger partial charge in [0.1, 0.15) is 0 Å². The van der Waals surface area contributed by atoms with Crippen molar-refractivity contribution in [2.24, 2.45) is 5.92 Å². The Morgan fingerprint density at radius 1 is 1.32 bits per heavy atom. The molecule has 1 aliphatic rings. The van der Waals surface area contributed by atoms with Gasteiger partial charge in [0.25, 0.3) is 0 Å². The third-order valence-corrected chi connectivity index (χ3v) is 3.66. The monoisotopic (exact) mass is 325 g/mol. The van der Waals surface area contributed by atoms with Crippen molar-refractivity contribution in [3.63, 3.8) is 0 Å². The highest BCUT2D eigenvalue weighted by atomic mass is 35.5. The Morgan fingerprint density at radius 3 is 2.68 bits per heavy atom. The average Bonchev–Trinajstić information content (AvgIpc) is 2.47. The Hall–Kier alpha value is -1.59. The fraction of sp³-hybridized carbons (Fsp3) is 0.500. The molecule has 1 heterocycles. The fourth-order valence-corrected chi connectivity index (χ4v) is 2.52. The first-order chi connectivity index (χ1) is 10.0. The molecule has 2 rings (SSSR count). The lowest BCUT2D eigenvalue weighted by Gasteiger charge is -2.31. The van der Waals surface area contributed by atoms with E-state index in [9.17, 15) is 9.59 Å². The lowest BCUT2D eigenvalue weighted by molar-refractivity contribution is -0.119. The SMILES string of the molecule is CNCC(=O)N1CCCc2c(NC(=O)C(C)C)cccc21.Cl. The number of carbonyl (C=O) groups is 2. The van der Waals surface area contributed by atoms with Crippen molar-refractivity contribution < 1.29 is 9.59 Å². The normalized spacial score (nSPS) is 13.4. The van der Waals surface area contributed by atoms with Crippen LogP contribution in [0.15, 0.2) is 18.2 Å². The molecule has 0 fully saturated rings. The summed E-state index contributed by atoms with van der Waals surface area (Å²) in [6, 6.07) is 5.75. The van der Waals surface area contributed by atoms with Crippen molar-refractivity contribution in [3.8, 4) is 0 Å². The zero-order chi connectivity index (χ0) is 15.4. The summed E-state index contributed by atoms with van der Waals surface area (Å²) in [4.78, 5) is 25.9. The molecule has 0 unspecified atom stereocenters. The number of amides is 2. The third-order valence-electron chi connectivity index (χ3n) is 3.66. The molecule has 22 heavy (non-hydrogen) atoms. The highest BCUT2D eigenvalue weighted by Gasteiger charge is 2.24. The van der Waals surface area contributed by atoms with Crippen LogP contribution < -0.4 is 15.5 Å². The number of carbonyl (C=O) groups excluding carboxylic acids is 2. The van der Waals surface area contributed by atoms with Crippen LogP contribution in [0, 0.1) is 5.92 Å². The maximum atomic E-state index is 12.2. The van der Waals surface area contributed by atoms with Crippen LogP contribution in [-0.2, 0) is 16.0 Å². The lowest BCUT2D eigenvalue weighted by atomic mass is 9.99. The molecule has 0 spiro atoms.